The highest BCUT2D eigenvalue weighted by molar-refractivity contribution is 4.88. The largest absolute Gasteiger partial charge is 0.393 e. The van der Waals surface area contributed by atoms with E-state index >= 15 is 0 Å². The van der Waals surface area contributed by atoms with Gasteiger partial charge in [0.15, 0.2) is 0 Å². The molecule has 0 aromatic carbocycles. The normalized spacial score (nSPS) is 39.0. The van der Waals surface area contributed by atoms with E-state index in [1.165, 1.54) is 0 Å². The van der Waals surface area contributed by atoms with Gasteiger partial charge in [0.1, 0.15) is 0 Å². The molecule has 66 valence electrons. The number of hydrogen-bond donors (Lipinski definition) is 2. The fourth-order valence-electron chi connectivity index (χ4n) is 1.84. The third-order valence-corrected chi connectivity index (χ3v) is 2.66. The molecule has 1 aliphatic rings. The van der Waals surface area contributed by atoms with Gasteiger partial charge in [-0.15, -0.1) is 0 Å². The highest BCUT2D eigenvalue weighted by Gasteiger charge is 2.28. The molecule has 2 heteroatoms. The maximum atomic E-state index is 9.28. The lowest BCUT2D eigenvalue weighted by molar-refractivity contribution is 0.0905. The average Bonchev–Trinajstić information content (AvgIpc) is 1.97. The molecule has 11 heavy (non-hydrogen) atoms. The second kappa shape index (κ2) is 3.55. The predicted molar refractivity (Wildman–Crippen MR) is 46.6 cm³/mol. The van der Waals surface area contributed by atoms with Crippen LogP contribution in [0.25, 0.3) is 0 Å². The minimum atomic E-state index is -0.0401. The van der Waals surface area contributed by atoms with E-state index < -0.39 is 0 Å². The Morgan fingerprint density at radius 3 is 2.45 bits per heavy atom. The molecule has 2 nitrogen and oxygen atoms in total. The van der Waals surface area contributed by atoms with E-state index in [9.17, 15) is 5.11 Å². The van der Waals surface area contributed by atoms with E-state index in [2.05, 4.69) is 19.2 Å². The summed E-state index contributed by atoms with van der Waals surface area (Å²) in [4.78, 5) is 0. The summed E-state index contributed by atoms with van der Waals surface area (Å²) < 4.78 is 0. The van der Waals surface area contributed by atoms with Gasteiger partial charge < -0.3 is 10.4 Å². The van der Waals surface area contributed by atoms with Crippen molar-refractivity contribution in [2.24, 2.45) is 0 Å². The van der Waals surface area contributed by atoms with Crippen molar-refractivity contribution < 1.29 is 5.11 Å². The Balaban J connectivity index is 2.35. The Kier molecular flexibility index (Phi) is 2.90. The van der Waals surface area contributed by atoms with Crippen LogP contribution in [0.1, 0.15) is 39.5 Å². The van der Waals surface area contributed by atoms with Crippen LogP contribution in [-0.4, -0.2) is 23.3 Å². The summed E-state index contributed by atoms with van der Waals surface area (Å²) in [7, 11) is 0. The number of nitrogens with one attached hydrogen (secondary N) is 1. The molecule has 1 rings (SSSR count). The molecule has 0 amide bonds. The third-order valence-electron chi connectivity index (χ3n) is 2.66. The monoisotopic (exact) mass is 157 g/mol. The van der Waals surface area contributed by atoms with Gasteiger partial charge in [0.2, 0.25) is 0 Å². The van der Waals surface area contributed by atoms with E-state index in [1.807, 2.05) is 0 Å². The minimum absolute atomic E-state index is 0.0401. The average molecular weight is 157 g/mol. The number of aliphatic hydroxyl groups is 1. The molecule has 1 aliphatic carbocycles. The van der Waals surface area contributed by atoms with E-state index in [4.69, 9.17) is 0 Å². The highest BCUT2D eigenvalue weighted by atomic mass is 16.3. The predicted octanol–water partition coefficient (Wildman–Crippen LogP) is 1.29. The van der Waals surface area contributed by atoms with E-state index in [-0.39, 0.29) is 6.10 Å². The molecule has 0 saturated heterocycles. The Hall–Kier alpha value is -0.0800. The highest BCUT2D eigenvalue weighted by Crippen LogP contribution is 2.27. The third kappa shape index (κ3) is 2.46. The van der Waals surface area contributed by atoms with Gasteiger partial charge in [0.05, 0.1) is 6.10 Å². The lowest BCUT2D eigenvalue weighted by Crippen LogP contribution is -2.45. The number of aliphatic hydroxyl groups excluding tert-OH is 1. The maximum absolute atomic E-state index is 9.28. The van der Waals surface area contributed by atoms with Crippen LogP contribution in [0.15, 0.2) is 0 Å². The van der Waals surface area contributed by atoms with E-state index in [1.54, 1.807) is 0 Å². The second-order valence-corrected chi connectivity index (χ2v) is 3.82. The van der Waals surface area contributed by atoms with Crippen molar-refractivity contribution in [1.29, 1.82) is 0 Å². The zero-order valence-corrected chi connectivity index (χ0v) is 7.56. The van der Waals surface area contributed by atoms with E-state index in [0.717, 1.165) is 32.2 Å². The number of hydrogen-bond acceptors (Lipinski definition) is 2. The summed E-state index contributed by atoms with van der Waals surface area (Å²) in [6.07, 6.45) is 4.11. The quantitative estimate of drug-likeness (QED) is 0.633. The smallest absolute Gasteiger partial charge is 0.0541 e. The first-order valence-corrected chi connectivity index (χ1v) is 4.59. The van der Waals surface area contributed by atoms with Crippen LogP contribution in [0, 0.1) is 0 Å². The molecule has 1 fully saturated rings. The van der Waals surface area contributed by atoms with Crippen molar-refractivity contribution in [3.8, 4) is 0 Å². The summed E-state index contributed by atoms with van der Waals surface area (Å²) in [5, 5.41) is 12.8. The van der Waals surface area contributed by atoms with Crippen LogP contribution in [0.2, 0.25) is 0 Å². The van der Waals surface area contributed by atoms with Crippen molar-refractivity contribution in [2.75, 3.05) is 6.54 Å². The Bertz CT molecular complexity index is 117. The van der Waals surface area contributed by atoms with Gasteiger partial charge >= 0.3 is 0 Å². The maximum Gasteiger partial charge on any atom is 0.0541 e. The molecular weight excluding hydrogens is 138 g/mol. The fourth-order valence-corrected chi connectivity index (χ4v) is 1.84. The molecule has 0 radical (unpaired) electrons. The molecular formula is C9H19NO. The Morgan fingerprint density at radius 1 is 1.45 bits per heavy atom. The van der Waals surface area contributed by atoms with Crippen LogP contribution < -0.4 is 5.32 Å². The first kappa shape index (κ1) is 9.01. The van der Waals surface area contributed by atoms with E-state index in [0.29, 0.717) is 5.54 Å². The van der Waals surface area contributed by atoms with Crippen molar-refractivity contribution in [1.82, 2.24) is 5.32 Å². The van der Waals surface area contributed by atoms with Crippen LogP contribution >= 0.6 is 0 Å². The Morgan fingerprint density at radius 2 is 2.00 bits per heavy atom. The first-order chi connectivity index (χ1) is 5.16. The van der Waals surface area contributed by atoms with Crippen molar-refractivity contribution >= 4 is 0 Å². The molecule has 0 atom stereocenters. The summed E-state index contributed by atoms with van der Waals surface area (Å²) in [6, 6.07) is 0. The van der Waals surface area contributed by atoms with Gasteiger partial charge in [-0.2, -0.15) is 0 Å². The molecule has 1 saturated carbocycles. The molecule has 0 aromatic rings. The molecule has 0 aromatic heterocycles. The molecule has 0 heterocycles. The van der Waals surface area contributed by atoms with Crippen molar-refractivity contribution in [3.05, 3.63) is 0 Å². The standard InChI is InChI=1S/C9H19NO/c1-3-10-9(2)6-4-8(11)5-7-9/h8,10-11H,3-7H2,1-2H3/t8-,9-. The van der Waals surface area contributed by atoms with Gasteiger partial charge in [-0.25, -0.2) is 0 Å². The summed E-state index contributed by atoms with van der Waals surface area (Å²) >= 11 is 0. The molecule has 0 spiro atoms. The summed E-state index contributed by atoms with van der Waals surface area (Å²) in [5.74, 6) is 0. The molecule has 2 N–H and O–H groups in total. The van der Waals surface area contributed by atoms with Gasteiger partial charge in [0, 0.05) is 5.54 Å². The fraction of sp³-hybridized carbons (Fsp3) is 1.00. The van der Waals surface area contributed by atoms with Crippen LogP contribution in [0.4, 0.5) is 0 Å². The van der Waals surface area contributed by atoms with Crippen molar-refractivity contribution in [3.63, 3.8) is 0 Å². The van der Waals surface area contributed by atoms with Gasteiger partial charge in [0.25, 0.3) is 0 Å². The zero-order chi connectivity index (χ0) is 8.32. The second-order valence-electron chi connectivity index (χ2n) is 3.82. The van der Waals surface area contributed by atoms with Crippen LogP contribution in [0.5, 0.6) is 0 Å². The number of rotatable bonds is 2. The topological polar surface area (TPSA) is 32.3 Å². The summed E-state index contributed by atoms with van der Waals surface area (Å²) in [5.41, 5.74) is 0.300. The minimum Gasteiger partial charge on any atom is -0.393 e. The molecule has 0 unspecified atom stereocenters. The lowest BCUT2D eigenvalue weighted by atomic mass is 9.82. The molecule has 0 bridgehead atoms. The molecule has 0 aliphatic heterocycles. The van der Waals surface area contributed by atoms with Crippen LogP contribution in [0.3, 0.4) is 0 Å². The first-order valence-electron chi connectivity index (χ1n) is 4.59. The van der Waals surface area contributed by atoms with Crippen LogP contribution in [-0.2, 0) is 0 Å². The van der Waals surface area contributed by atoms with Gasteiger partial charge in [-0.1, -0.05) is 6.92 Å². The van der Waals surface area contributed by atoms with Crippen molar-refractivity contribution in [2.45, 2.75) is 51.2 Å². The van der Waals surface area contributed by atoms with Gasteiger partial charge in [-0.3, -0.25) is 0 Å². The zero-order valence-electron chi connectivity index (χ0n) is 7.56. The SMILES string of the molecule is CCN[C@]1(C)CC[C@@H](O)CC1. The lowest BCUT2D eigenvalue weighted by Gasteiger charge is -2.36. The Labute approximate surface area is 69.0 Å². The van der Waals surface area contributed by atoms with Gasteiger partial charge in [-0.05, 0) is 39.2 Å². The summed E-state index contributed by atoms with van der Waals surface area (Å²) in [6.45, 7) is 5.42.